The minimum absolute atomic E-state index is 0.102. The van der Waals surface area contributed by atoms with Crippen molar-refractivity contribution in [3.8, 4) is 0 Å². The Morgan fingerprint density at radius 3 is 2.81 bits per heavy atom. The number of fused-ring (bicyclic) bond motifs is 1. The van der Waals surface area contributed by atoms with E-state index in [9.17, 15) is 14.8 Å². The first-order valence-corrected chi connectivity index (χ1v) is 6.27. The third-order valence-corrected chi connectivity index (χ3v) is 3.27. The van der Waals surface area contributed by atoms with E-state index in [1.807, 2.05) is 0 Å². The third kappa shape index (κ3) is 2.32. The molecule has 2 N–H and O–H groups in total. The second-order valence-electron chi connectivity index (χ2n) is 4.63. The summed E-state index contributed by atoms with van der Waals surface area (Å²) < 4.78 is 2.64. The monoisotopic (exact) mass is 285 g/mol. The molecule has 9 heteroatoms. The van der Waals surface area contributed by atoms with Crippen LogP contribution < -0.4 is 11.0 Å². The lowest BCUT2D eigenvalue weighted by Gasteiger charge is -2.09. The summed E-state index contributed by atoms with van der Waals surface area (Å²) in [5.41, 5.74) is 1.01. The van der Waals surface area contributed by atoms with E-state index in [0.717, 1.165) is 0 Å². The van der Waals surface area contributed by atoms with Gasteiger partial charge in [0.05, 0.1) is 12.7 Å². The van der Waals surface area contributed by atoms with Crippen molar-refractivity contribution in [3.63, 3.8) is 0 Å². The number of hydrogen-bond acceptors (Lipinski definition) is 6. The molecule has 2 heterocycles. The number of rotatable bonds is 3. The average Bonchev–Trinajstić information content (AvgIpc) is 2.84. The molecule has 0 amide bonds. The van der Waals surface area contributed by atoms with Crippen LogP contribution in [0.25, 0.3) is 11.0 Å². The highest BCUT2D eigenvalue weighted by Gasteiger charge is 2.17. The Bertz CT molecular complexity index is 857. The molecule has 0 atom stereocenters. The van der Waals surface area contributed by atoms with Crippen molar-refractivity contribution in [2.24, 2.45) is 7.05 Å². The van der Waals surface area contributed by atoms with Crippen LogP contribution in [-0.4, -0.2) is 41.9 Å². The summed E-state index contributed by atoms with van der Waals surface area (Å²) in [5, 5.41) is 30.9. The largest absolute Gasteiger partial charge is 0.488 e. The summed E-state index contributed by atoms with van der Waals surface area (Å²) >= 11 is 0. The average molecular weight is 285 g/mol. The minimum Gasteiger partial charge on any atom is -0.423 e. The zero-order valence-corrected chi connectivity index (χ0v) is 11.2. The van der Waals surface area contributed by atoms with Gasteiger partial charge in [-0.1, -0.05) is 29.5 Å². The van der Waals surface area contributed by atoms with Gasteiger partial charge in [-0.25, -0.2) is 9.36 Å². The van der Waals surface area contributed by atoms with Crippen LogP contribution in [0.2, 0.25) is 0 Å². The zero-order valence-electron chi connectivity index (χ0n) is 11.2. The molecular weight excluding hydrogens is 273 g/mol. The summed E-state index contributed by atoms with van der Waals surface area (Å²) in [7, 11) is 0.0741. The maximum absolute atomic E-state index is 12.3. The lowest BCUT2D eigenvalue weighted by molar-refractivity contribution is 0.425. The van der Waals surface area contributed by atoms with Crippen LogP contribution in [0.1, 0.15) is 5.56 Å². The number of aromatic nitrogens is 5. The van der Waals surface area contributed by atoms with Gasteiger partial charge in [-0.15, -0.1) is 5.10 Å². The fourth-order valence-corrected chi connectivity index (χ4v) is 2.17. The van der Waals surface area contributed by atoms with Gasteiger partial charge in [0.15, 0.2) is 5.65 Å². The second-order valence-corrected chi connectivity index (χ2v) is 4.63. The van der Waals surface area contributed by atoms with E-state index in [1.54, 1.807) is 31.3 Å². The van der Waals surface area contributed by atoms with Crippen LogP contribution >= 0.6 is 0 Å². The Hall–Kier alpha value is -2.52. The zero-order chi connectivity index (χ0) is 15.0. The van der Waals surface area contributed by atoms with E-state index in [1.165, 1.54) is 15.6 Å². The van der Waals surface area contributed by atoms with E-state index < -0.39 is 7.12 Å². The molecule has 2 aromatic heterocycles. The van der Waals surface area contributed by atoms with E-state index in [4.69, 9.17) is 0 Å². The summed E-state index contributed by atoms with van der Waals surface area (Å²) in [6.45, 7) is 0.102. The van der Waals surface area contributed by atoms with Crippen molar-refractivity contribution in [1.29, 1.82) is 0 Å². The molecule has 0 fully saturated rings. The van der Waals surface area contributed by atoms with Crippen LogP contribution in [0.5, 0.6) is 0 Å². The van der Waals surface area contributed by atoms with E-state index in [0.29, 0.717) is 22.1 Å². The van der Waals surface area contributed by atoms with Gasteiger partial charge in [0.25, 0.3) is 5.56 Å². The minimum atomic E-state index is -1.60. The van der Waals surface area contributed by atoms with Crippen LogP contribution in [0, 0.1) is 0 Å². The molecule has 0 saturated carbocycles. The Labute approximate surface area is 119 Å². The van der Waals surface area contributed by atoms with Crippen molar-refractivity contribution in [2.45, 2.75) is 6.54 Å². The van der Waals surface area contributed by atoms with Crippen LogP contribution in [-0.2, 0) is 13.6 Å². The molecule has 8 nitrogen and oxygen atoms in total. The van der Waals surface area contributed by atoms with Crippen molar-refractivity contribution in [1.82, 2.24) is 24.8 Å². The highest BCUT2D eigenvalue weighted by Crippen LogP contribution is 2.03. The van der Waals surface area contributed by atoms with Gasteiger partial charge in [0.2, 0.25) is 0 Å². The predicted octanol–water partition coefficient (Wildman–Crippen LogP) is -1.75. The Morgan fingerprint density at radius 2 is 2.05 bits per heavy atom. The molecule has 1 aromatic carbocycles. The van der Waals surface area contributed by atoms with Gasteiger partial charge in [0, 0.05) is 7.05 Å². The summed E-state index contributed by atoms with van der Waals surface area (Å²) in [6, 6.07) is 6.73. The fraction of sp³-hybridized carbons (Fsp3) is 0.167. The standard InChI is InChI=1S/C12H12BN5O3/c1-17-11-9(6-14-17)12(19)18(16-15-11)7-8-4-2-3-5-10(8)13(20)21/h2-6,20-21H,7H2,1H3. The molecule has 0 unspecified atom stereocenters. The van der Waals surface area contributed by atoms with E-state index >= 15 is 0 Å². The third-order valence-electron chi connectivity index (χ3n) is 3.27. The van der Waals surface area contributed by atoms with Gasteiger partial charge in [-0.05, 0) is 11.0 Å². The molecule has 0 radical (unpaired) electrons. The molecule has 0 bridgehead atoms. The lowest BCUT2D eigenvalue weighted by atomic mass is 9.77. The lowest BCUT2D eigenvalue weighted by Crippen LogP contribution is -2.35. The molecular formula is C12H12BN5O3. The van der Waals surface area contributed by atoms with E-state index in [-0.39, 0.29) is 12.1 Å². The van der Waals surface area contributed by atoms with Gasteiger partial charge in [-0.2, -0.15) is 5.10 Å². The van der Waals surface area contributed by atoms with E-state index in [2.05, 4.69) is 15.4 Å². The molecule has 0 spiro atoms. The van der Waals surface area contributed by atoms with Crippen molar-refractivity contribution >= 4 is 23.6 Å². The SMILES string of the molecule is Cn1ncc2c(=O)n(Cc3ccccc3B(O)O)nnc21. The van der Waals surface area contributed by atoms with Crippen molar-refractivity contribution in [3.05, 3.63) is 46.4 Å². The Kier molecular flexibility index (Phi) is 3.28. The predicted molar refractivity (Wildman–Crippen MR) is 75.9 cm³/mol. The summed E-state index contributed by atoms with van der Waals surface area (Å²) in [5.74, 6) is 0. The molecule has 0 aliphatic heterocycles. The smallest absolute Gasteiger partial charge is 0.423 e. The Balaban J connectivity index is 2.07. The molecule has 0 aliphatic rings. The van der Waals surface area contributed by atoms with Crippen LogP contribution in [0.3, 0.4) is 0 Å². The van der Waals surface area contributed by atoms with Crippen molar-refractivity contribution < 1.29 is 10.0 Å². The van der Waals surface area contributed by atoms with Gasteiger partial charge in [-0.3, -0.25) is 4.79 Å². The number of benzene rings is 1. The normalized spacial score (nSPS) is 11.0. The molecule has 3 rings (SSSR count). The summed E-state index contributed by atoms with van der Waals surface area (Å²) in [4.78, 5) is 12.3. The molecule has 106 valence electrons. The fourth-order valence-electron chi connectivity index (χ4n) is 2.17. The quantitative estimate of drug-likeness (QED) is 0.553. The maximum atomic E-state index is 12.3. The molecule has 0 aliphatic carbocycles. The highest BCUT2D eigenvalue weighted by atomic mass is 16.4. The summed E-state index contributed by atoms with van der Waals surface area (Å²) in [6.07, 6.45) is 1.44. The molecule has 3 aromatic rings. The first-order chi connectivity index (χ1) is 10.1. The molecule has 0 saturated heterocycles. The maximum Gasteiger partial charge on any atom is 0.488 e. The highest BCUT2D eigenvalue weighted by molar-refractivity contribution is 6.59. The first-order valence-electron chi connectivity index (χ1n) is 6.27. The Morgan fingerprint density at radius 1 is 1.29 bits per heavy atom. The molecule has 21 heavy (non-hydrogen) atoms. The number of nitrogens with zero attached hydrogens (tertiary/aromatic N) is 5. The van der Waals surface area contributed by atoms with Crippen LogP contribution in [0.15, 0.2) is 35.3 Å². The second kappa shape index (κ2) is 5.11. The topological polar surface area (TPSA) is 106 Å². The van der Waals surface area contributed by atoms with Gasteiger partial charge < -0.3 is 10.0 Å². The van der Waals surface area contributed by atoms with Gasteiger partial charge in [0.1, 0.15) is 5.39 Å². The van der Waals surface area contributed by atoms with Gasteiger partial charge >= 0.3 is 7.12 Å². The van der Waals surface area contributed by atoms with Crippen LogP contribution in [0.4, 0.5) is 0 Å². The van der Waals surface area contributed by atoms with Crippen molar-refractivity contribution in [2.75, 3.05) is 0 Å². The first kappa shape index (κ1) is 13.5. The number of aryl methyl sites for hydroxylation is 1. The number of hydrogen-bond donors (Lipinski definition) is 2.